The molecule has 0 amide bonds. The summed E-state index contributed by atoms with van der Waals surface area (Å²) in [5.74, 6) is 7.26. The van der Waals surface area contributed by atoms with Crippen LogP contribution in [0.1, 0.15) is 42.4 Å². The first-order chi connectivity index (χ1) is 52.9. The molecule has 1 fully saturated rings. The first-order valence-electron chi connectivity index (χ1n) is 36.0. The van der Waals surface area contributed by atoms with Crippen molar-refractivity contribution >= 4 is 51.2 Å². The third-order valence-corrected chi connectivity index (χ3v) is 17.5. The molecule has 1 saturated carbocycles. The highest BCUT2D eigenvalue weighted by molar-refractivity contribution is 5.79. The van der Waals surface area contributed by atoms with Crippen LogP contribution in [0.3, 0.4) is 0 Å². The number of rotatable bonds is 22. The second-order valence-electron chi connectivity index (χ2n) is 24.5. The number of para-hydroxylation sites is 2. The number of fused-ring (bicyclic) bond motifs is 3. The van der Waals surface area contributed by atoms with Gasteiger partial charge in [-0.25, -0.2) is 0 Å². The fourth-order valence-electron chi connectivity index (χ4n) is 11.6. The summed E-state index contributed by atoms with van der Waals surface area (Å²) < 4.78 is 43.4. The van der Waals surface area contributed by atoms with Crippen LogP contribution in [-0.4, -0.2) is 96.1 Å². The van der Waals surface area contributed by atoms with Gasteiger partial charge in [-0.2, -0.15) is 0 Å². The molecule has 0 saturated heterocycles. The smallest absolute Gasteiger partial charge is 0.203 e. The molecular formula is C91H104N8O9. The predicted molar refractivity (Wildman–Crippen MR) is 450 cm³/mol. The Morgan fingerprint density at radius 1 is 0.333 bits per heavy atom. The number of phenolic OH excluding ortho intramolecular Hbond substituents is 1. The van der Waals surface area contributed by atoms with E-state index in [9.17, 15) is 5.11 Å². The highest BCUT2D eigenvalue weighted by atomic mass is 16.5. The largest absolute Gasteiger partial charge is 0.506 e. The molecule has 9 N–H and O–H groups in total. The molecule has 108 heavy (non-hydrogen) atoms. The Bertz CT molecular complexity index is 4550. The van der Waals surface area contributed by atoms with Crippen molar-refractivity contribution in [3.63, 3.8) is 0 Å². The molecule has 0 atom stereocenters. The topological polar surface area (TPSA) is 190 Å². The van der Waals surface area contributed by atoms with Gasteiger partial charge >= 0.3 is 0 Å². The second kappa shape index (κ2) is 44.1. The maximum absolute atomic E-state index is 9.52. The monoisotopic (exact) mass is 1450 g/mol. The van der Waals surface area contributed by atoms with E-state index in [1.54, 1.807) is 48.7 Å². The van der Waals surface area contributed by atoms with Crippen molar-refractivity contribution in [1.29, 1.82) is 0 Å². The summed E-state index contributed by atoms with van der Waals surface area (Å²) in [4.78, 5) is 0. The van der Waals surface area contributed by atoms with E-state index in [1.807, 2.05) is 261 Å². The summed E-state index contributed by atoms with van der Waals surface area (Å²) in [7, 11) is 21.3. The van der Waals surface area contributed by atoms with Gasteiger partial charge in [-0.05, 0) is 192 Å². The average Bonchev–Trinajstić information content (AvgIpc) is 1.63. The van der Waals surface area contributed by atoms with Gasteiger partial charge < -0.3 is 85.5 Å². The molecule has 0 heterocycles. The number of benzene rings is 12. The van der Waals surface area contributed by atoms with Crippen LogP contribution >= 0.6 is 0 Å². The number of nitrogens with one attached hydrogen (secondary N) is 8. The van der Waals surface area contributed by atoms with E-state index in [0.29, 0.717) is 30.0 Å². The molecule has 0 spiro atoms. The zero-order valence-corrected chi connectivity index (χ0v) is 64.1. The molecule has 0 aromatic heterocycles. The van der Waals surface area contributed by atoms with E-state index in [1.165, 1.54) is 46.3 Å². The van der Waals surface area contributed by atoms with Crippen LogP contribution in [-0.2, 0) is 13.0 Å². The van der Waals surface area contributed by atoms with Gasteiger partial charge in [-0.1, -0.05) is 133 Å². The quantitative estimate of drug-likeness (QED) is 0.0291. The van der Waals surface area contributed by atoms with Crippen LogP contribution in [0.4, 0.5) is 51.2 Å². The minimum atomic E-state index is 0.275. The lowest BCUT2D eigenvalue weighted by molar-refractivity contribution is 0.201. The first kappa shape index (κ1) is 80.9. The minimum absolute atomic E-state index is 0.275. The van der Waals surface area contributed by atoms with Crippen molar-refractivity contribution in [2.75, 3.05) is 127 Å². The number of phenols is 1. The fraction of sp³-hybridized carbons (Fsp3) is 0.209. The molecule has 17 nitrogen and oxygen atoms in total. The Labute approximate surface area is 638 Å². The van der Waals surface area contributed by atoms with E-state index in [2.05, 4.69) is 97.1 Å². The number of anilines is 9. The molecule has 0 bridgehead atoms. The lowest BCUT2D eigenvalue weighted by atomic mass is 10.0. The molecule has 12 aromatic rings. The molecule has 17 heteroatoms. The van der Waals surface area contributed by atoms with Gasteiger partial charge in [-0.15, -0.1) is 0 Å². The summed E-state index contributed by atoms with van der Waals surface area (Å²) in [6, 6.07) is 92.2. The number of aromatic hydroxyl groups is 1. The highest BCUT2D eigenvalue weighted by Crippen LogP contribution is 2.41. The molecule has 14 rings (SSSR count). The molecule has 0 radical (unpaired) electrons. The van der Waals surface area contributed by atoms with E-state index >= 15 is 0 Å². The van der Waals surface area contributed by atoms with Crippen LogP contribution in [0, 0.1) is 0 Å². The normalized spacial score (nSPS) is 11.0. The van der Waals surface area contributed by atoms with Crippen LogP contribution in [0.15, 0.2) is 279 Å². The van der Waals surface area contributed by atoms with Gasteiger partial charge in [0.05, 0.1) is 53.0 Å². The van der Waals surface area contributed by atoms with Crippen LogP contribution in [0.25, 0.3) is 22.3 Å². The molecule has 2 aliphatic rings. The van der Waals surface area contributed by atoms with Crippen LogP contribution < -0.4 is 80.4 Å². The Kier molecular flexibility index (Phi) is 33.1. The van der Waals surface area contributed by atoms with E-state index in [-0.39, 0.29) is 5.75 Å². The predicted octanol–water partition coefficient (Wildman–Crippen LogP) is 21.5. The molecule has 0 aliphatic heterocycles. The van der Waals surface area contributed by atoms with Crippen molar-refractivity contribution in [2.24, 2.45) is 0 Å². The molecule has 562 valence electrons. The van der Waals surface area contributed by atoms with Gasteiger partial charge in [0.2, 0.25) is 5.75 Å². The number of hydrogen-bond acceptors (Lipinski definition) is 17. The summed E-state index contributed by atoms with van der Waals surface area (Å²) >= 11 is 0. The summed E-state index contributed by atoms with van der Waals surface area (Å²) in [6.07, 6.45) is 6.30. The second-order valence-corrected chi connectivity index (χ2v) is 24.5. The van der Waals surface area contributed by atoms with Gasteiger partial charge in [0.25, 0.3) is 0 Å². The maximum Gasteiger partial charge on any atom is 0.203 e. The lowest BCUT2D eigenvalue weighted by Crippen LogP contribution is -2.11. The van der Waals surface area contributed by atoms with Gasteiger partial charge in [0.15, 0.2) is 23.0 Å². The standard InChI is InChI=1S/C14H16N2O.C14H15NO.C14H13N.C13H19NO2.2C13H13NO.C10H15NO3/c1-15-13-9-8-12(10-14(13)17-2)16-11-6-4-3-5-7-11;1-15-13-7-9-14(10-8-13)16-11-12-5-3-2-4-6-12;1-15-12-6-7-14-11(9-12)8-10-4-2-3-5-13(10)14;1-14-10-7-8-12(15-2)13(9-10)16-11-5-3-4-6-11;1-14-11-7-9-13(10-8-11)15-12-5-3-2-4-6-12;1-14-12-9-11(7-8-13(12)15)10-5-3-2-4-6-10;1-11-7-5-8(12-2)10(14-4)9(6-7)13-3/h3-10,15-16H,1-2H3;2-10,15H,11H2,1H3;2-7,9,15H,8H2,1H3;7-9,11,14H,3-6H2,1-2H3;2-10,14H,1H3;2-9,14-15H,1H3;5-6,11H,1-4H3. The average molecular weight is 1450 g/mol. The number of hydrogen-bond donors (Lipinski definition) is 9. The number of methoxy groups -OCH3 is 5. The molecule has 12 aromatic carbocycles. The Hall–Kier alpha value is -12.8. The summed E-state index contributed by atoms with van der Waals surface area (Å²) in [6.45, 7) is 0.611. The van der Waals surface area contributed by atoms with Crippen molar-refractivity contribution in [3.8, 4) is 79.7 Å². The zero-order valence-electron chi connectivity index (χ0n) is 64.1. The zero-order chi connectivity index (χ0) is 76.7. The van der Waals surface area contributed by atoms with Crippen molar-refractivity contribution in [3.05, 3.63) is 296 Å². The van der Waals surface area contributed by atoms with Crippen LogP contribution in [0.5, 0.6) is 57.5 Å². The lowest BCUT2D eigenvalue weighted by Gasteiger charge is -2.16. The molecule has 2 aliphatic carbocycles. The van der Waals surface area contributed by atoms with E-state index in [0.717, 1.165) is 110 Å². The van der Waals surface area contributed by atoms with Gasteiger partial charge in [-0.3, -0.25) is 0 Å². The Morgan fingerprint density at radius 3 is 1.39 bits per heavy atom. The SMILES string of the molecule is CNc1cc(-c2ccccc2)ccc1O.CNc1cc(OC)c(OC)c(OC)c1.CNc1ccc(Nc2ccccc2)cc1OC.CNc1ccc(OC)c(OC2CCCC2)c1.CNc1ccc(OCc2ccccc2)cc1.CNc1ccc(Oc2ccccc2)cc1.CNc1ccc2c(c1)Cc1ccccc1-2. The summed E-state index contributed by atoms with van der Waals surface area (Å²) in [5.41, 5.74) is 18.2. The fourth-order valence-corrected chi connectivity index (χ4v) is 11.6. The minimum Gasteiger partial charge on any atom is -0.506 e. The van der Waals surface area contributed by atoms with Crippen molar-refractivity contribution in [1.82, 2.24) is 0 Å². The first-order valence-corrected chi connectivity index (χ1v) is 36.0. The Balaban J connectivity index is 0.000000159. The highest BCUT2D eigenvalue weighted by Gasteiger charge is 2.20. The summed E-state index contributed by atoms with van der Waals surface area (Å²) in [5, 5.41) is 34.3. The van der Waals surface area contributed by atoms with Crippen LogP contribution in [0.2, 0.25) is 0 Å². The molecular weight excluding hydrogens is 1350 g/mol. The number of ether oxygens (including phenoxy) is 8. The maximum atomic E-state index is 9.52. The van der Waals surface area contributed by atoms with Crippen molar-refractivity contribution in [2.45, 2.75) is 44.8 Å². The third kappa shape index (κ3) is 25.0. The van der Waals surface area contributed by atoms with Gasteiger partial charge in [0, 0.05) is 113 Å². The van der Waals surface area contributed by atoms with E-state index in [4.69, 9.17) is 37.9 Å². The molecule has 0 unspecified atom stereocenters. The Morgan fingerprint density at radius 2 is 0.815 bits per heavy atom. The van der Waals surface area contributed by atoms with Crippen molar-refractivity contribution < 1.29 is 43.0 Å². The third-order valence-electron chi connectivity index (χ3n) is 17.5. The van der Waals surface area contributed by atoms with E-state index < -0.39 is 0 Å². The van der Waals surface area contributed by atoms with Gasteiger partial charge in [0.1, 0.15) is 35.4 Å².